The molecule has 1 unspecified atom stereocenters. The van der Waals surface area contributed by atoms with Gasteiger partial charge in [0.2, 0.25) is 0 Å². The molecule has 104 valence electrons. The van der Waals surface area contributed by atoms with Gasteiger partial charge in [0.1, 0.15) is 0 Å². The Morgan fingerprint density at radius 2 is 1.24 bits per heavy atom. The molecular formula is C15H34N2. The van der Waals surface area contributed by atoms with Gasteiger partial charge in [-0.15, -0.1) is 0 Å². The molecule has 2 nitrogen and oxygen atoms in total. The second-order valence-electron chi connectivity index (χ2n) is 5.30. The van der Waals surface area contributed by atoms with Gasteiger partial charge in [-0.05, 0) is 38.3 Å². The van der Waals surface area contributed by atoms with Crippen molar-refractivity contribution in [3.05, 3.63) is 0 Å². The minimum Gasteiger partial charge on any atom is -0.330 e. The van der Waals surface area contributed by atoms with Crippen LogP contribution in [0.3, 0.4) is 0 Å². The summed E-state index contributed by atoms with van der Waals surface area (Å²) >= 11 is 0. The van der Waals surface area contributed by atoms with Crippen LogP contribution in [0.5, 0.6) is 0 Å². The van der Waals surface area contributed by atoms with Crippen molar-refractivity contribution in [3.8, 4) is 0 Å². The molecule has 1 atom stereocenters. The van der Waals surface area contributed by atoms with Crippen molar-refractivity contribution in [1.82, 2.24) is 0 Å². The van der Waals surface area contributed by atoms with Gasteiger partial charge in [-0.3, -0.25) is 0 Å². The molecule has 0 aromatic carbocycles. The lowest BCUT2D eigenvalue weighted by molar-refractivity contribution is 0.422. The third kappa shape index (κ3) is 12.2. The summed E-state index contributed by atoms with van der Waals surface area (Å²) in [5.74, 6) is 0.721. The SMILES string of the molecule is CCCCCCCCCCC(CN)CCCN. The molecular weight excluding hydrogens is 208 g/mol. The van der Waals surface area contributed by atoms with Gasteiger partial charge in [0, 0.05) is 0 Å². The smallest absolute Gasteiger partial charge is 0.00489 e. The van der Waals surface area contributed by atoms with E-state index >= 15 is 0 Å². The van der Waals surface area contributed by atoms with Crippen molar-refractivity contribution in [2.24, 2.45) is 17.4 Å². The first-order valence-corrected chi connectivity index (χ1v) is 7.75. The molecule has 0 bridgehead atoms. The fourth-order valence-corrected chi connectivity index (χ4v) is 2.35. The molecule has 0 aliphatic heterocycles. The number of unbranched alkanes of at least 4 members (excludes halogenated alkanes) is 7. The van der Waals surface area contributed by atoms with Crippen LogP contribution in [0.25, 0.3) is 0 Å². The van der Waals surface area contributed by atoms with E-state index in [1.807, 2.05) is 0 Å². The summed E-state index contributed by atoms with van der Waals surface area (Å²) in [5.41, 5.74) is 11.3. The average Bonchev–Trinajstić information content (AvgIpc) is 2.36. The first kappa shape index (κ1) is 16.9. The molecule has 0 spiro atoms. The van der Waals surface area contributed by atoms with E-state index in [1.165, 1.54) is 64.2 Å². The standard InChI is InChI=1S/C15H34N2/c1-2-3-4-5-6-7-8-9-11-15(14-17)12-10-13-16/h15H,2-14,16-17H2,1H3. The van der Waals surface area contributed by atoms with E-state index in [1.54, 1.807) is 0 Å². The summed E-state index contributed by atoms with van der Waals surface area (Å²) in [5, 5.41) is 0. The van der Waals surface area contributed by atoms with Crippen LogP contribution in [0.15, 0.2) is 0 Å². The van der Waals surface area contributed by atoms with E-state index in [2.05, 4.69) is 6.92 Å². The maximum absolute atomic E-state index is 5.77. The molecule has 0 radical (unpaired) electrons. The van der Waals surface area contributed by atoms with Gasteiger partial charge in [-0.1, -0.05) is 58.3 Å². The maximum Gasteiger partial charge on any atom is -0.00489 e. The lowest BCUT2D eigenvalue weighted by Crippen LogP contribution is -2.15. The van der Waals surface area contributed by atoms with Crippen LogP contribution in [0.2, 0.25) is 0 Å². The third-order valence-corrected chi connectivity index (χ3v) is 3.62. The van der Waals surface area contributed by atoms with Gasteiger partial charge >= 0.3 is 0 Å². The highest BCUT2D eigenvalue weighted by Gasteiger charge is 2.05. The van der Waals surface area contributed by atoms with Crippen molar-refractivity contribution in [3.63, 3.8) is 0 Å². The Hall–Kier alpha value is -0.0800. The Labute approximate surface area is 109 Å². The number of nitrogens with two attached hydrogens (primary N) is 2. The molecule has 0 saturated carbocycles. The van der Waals surface area contributed by atoms with Gasteiger partial charge in [0.25, 0.3) is 0 Å². The highest BCUT2D eigenvalue weighted by atomic mass is 14.6. The lowest BCUT2D eigenvalue weighted by Gasteiger charge is -2.13. The van der Waals surface area contributed by atoms with Crippen LogP contribution in [0.4, 0.5) is 0 Å². The van der Waals surface area contributed by atoms with Gasteiger partial charge < -0.3 is 11.5 Å². The summed E-state index contributed by atoms with van der Waals surface area (Å²) in [4.78, 5) is 0. The first-order valence-electron chi connectivity index (χ1n) is 7.75. The van der Waals surface area contributed by atoms with E-state index in [-0.39, 0.29) is 0 Å². The van der Waals surface area contributed by atoms with Crippen molar-refractivity contribution < 1.29 is 0 Å². The Morgan fingerprint density at radius 3 is 1.76 bits per heavy atom. The average molecular weight is 242 g/mol. The molecule has 0 rings (SSSR count). The summed E-state index contributed by atoms with van der Waals surface area (Å²) in [6.45, 7) is 3.93. The fourth-order valence-electron chi connectivity index (χ4n) is 2.35. The molecule has 2 heteroatoms. The largest absolute Gasteiger partial charge is 0.330 e. The van der Waals surface area contributed by atoms with E-state index in [0.29, 0.717) is 0 Å². The Bertz CT molecular complexity index is 137. The van der Waals surface area contributed by atoms with Crippen LogP contribution >= 0.6 is 0 Å². The van der Waals surface area contributed by atoms with Crippen molar-refractivity contribution >= 4 is 0 Å². The van der Waals surface area contributed by atoms with E-state index < -0.39 is 0 Å². The fraction of sp³-hybridized carbons (Fsp3) is 1.00. The van der Waals surface area contributed by atoms with E-state index in [9.17, 15) is 0 Å². The second-order valence-corrected chi connectivity index (χ2v) is 5.30. The molecule has 0 aromatic heterocycles. The maximum atomic E-state index is 5.77. The lowest BCUT2D eigenvalue weighted by atomic mass is 9.96. The monoisotopic (exact) mass is 242 g/mol. The van der Waals surface area contributed by atoms with Crippen LogP contribution in [0, 0.1) is 5.92 Å². The number of hydrogen-bond acceptors (Lipinski definition) is 2. The zero-order valence-electron chi connectivity index (χ0n) is 11.9. The minimum absolute atomic E-state index is 0.721. The number of hydrogen-bond donors (Lipinski definition) is 2. The van der Waals surface area contributed by atoms with Crippen LogP contribution < -0.4 is 11.5 Å². The molecule has 0 saturated heterocycles. The van der Waals surface area contributed by atoms with Gasteiger partial charge in [0.05, 0.1) is 0 Å². The molecule has 0 aliphatic carbocycles. The molecule has 0 aliphatic rings. The molecule has 0 heterocycles. The Morgan fingerprint density at radius 1 is 0.706 bits per heavy atom. The van der Waals surface area contributed by atoms with Crippen molar-refractivity contribution in [2.75, 3.05) is 13.1 Å². The van der Waals surface area contributed by atoms with Gasteiger partial charge in [-0.2, -0.15) is 0 Å². The molecule has 0 amide bonds. The predicted molar refractivity (Wildman–Crippen MR) is 78.1 cm³/mol. The summed E-state index contributed by atoms with van der Waals surface area (Å²) < 4.78 is 0. The minimum atomic E-state index is 0.721. The van der Waals surface area contributed by atoms with Gasteiger partial charge in [-0.25, -0.2) is 0 Å². The van der Waals surface area contributed by atoms with E-state index in [4.69, 9.17) is 11.5 Å². The zero-order chi connectivity index (χ0) is 12.8. The van der Waals surface area contributed by atoms with Crippen LogP contribution in [-0.4, -0.2) is 13.1 Å². The first-order chi connectivity index (χ1) is 8.35. The van der Waals surface area contributed by atoms with Crippen LogP contribution in [0.1, 0.15) is 77.6 Å². The van der Waals surface area contributed by atoms with Crippen LogP contribution in [-0.2, 0) is 0 Å². The topological polar surface area (TPSA) is 52.0 Å². The highest BCUT2D eigenvalue weighted by molar-refractivity contribution is 4.61. The highest BCUT2D eigenvalue weighted by Crippen LogP contribution is 2.15. The van der Waals surface area contributed by atoms with Crippen molar-refractivity contribution in [1.29, 1.82) is 0 Å². The number of rotatable bonds is 13. The molecule has 0 fully saturated rings. The quantitative estimate of drug-likeness (QED) is 0.482. The predicted octanol–water partition coefficient (Wildman–Crippen LogP) is 3.83. The second kappa shape index (κ2) is 14.0. The van der Waals surface area contributed by atoms with Crippen molar-refractivity contribution in [2.45, 2.75) is 77.6 Å². The molecule has 17 heavy (non-hydrogen) atoms. The third-order valence-electron chi connectivity index (χ3n) is 3.62. The Kier molecular flexibility index (Phi) is 13.9. The van der Waals surface area contributed by atoms with Gasteiger partial charge in [0.15, 0.2) is 0 Å². The zero-order valence-corrected chi connectivity index (χ0v) is 11.9. The Balaban J connectivity index is 3.19. The normalized spacial score (nSPS) is 12.9. The molecule has 0 aromatic rings. The summed E-state index contributed by atoms with van der Waals surface area (Å²) in [6.07, 6.45) is 14.9. The summed E-state index contributed by atoms with van der Waals surface area (Å²) in [6, 6.07) is 0. The van der Waals surface area contributed by atoms with E-state index in [0.717, 1.165) is 25.4 Å². The summed E-state index contributed by atoms with van der Waals surface area (Å²) in [7, 11) is 0. The molecule has 4 N–H and O–H groups in total.